The van der Waals surface area contributed by atoms with Gasteiger partial charge in [-0.05, 0) is 54.6 Å². The number of likely N-dealkylation sites (N-methyl/N-ethyl adjacent to an activating group) is 1. The van der Waals surface area contributed by atoms with Gasteiger partial charge in [0.05, 0.1) is 6.04 Å². The second kappa shape index (κ2) is 7.92. The highest BCUT2D eigenvalue weighted by Crippen LogP contribution is 2.31. The highest BCUT2D eigenvalue weighted by Gasteiger charge is 2.35. The third kappa shape index (κ3) is 3.92. The quantitative estimate of drug-likeness (QED) is 0.540. The molecule has 0 bridgehead atoms. The Bertz CT molecular complexity index is 1240. The Labute approximate surface area is 178 Å². The van der Waals surface area contributed by atoms with Crippen molar-refractivity contribution in [3.05, 3.63) is 84.0 Å². The lowest BCUT2D eigenvalue weighted by atomic mass is 10.1. The number of benzene rings is 3. The molecule has 2 atom stereocenters. The Balaban J connectivity index is 1.30. The van der Waals surface area contributed by atoms with Gasteiger partial charge in [0.1, 0.15) is 5.82 Å². The fraction of sp³-hybridized carbons (Fsp3) is 0.208. The average Bonchev–Trinajstić information content (AvgIpc) is 3.40. The Morgan fingerprint density at radius 3 is 2.68 bits per heavy atom. The van der Waals surface area contributed by atoms with E-state index in [0.717, 1.165) is 16.3 Å². The standard InChI is InChI=1S/C24H21FN4O2/c1-29-14-20(26-23(30)16-8-10-19(25)11-9-16)13-21(29)24-27-22(28-31-24)18-7-6-15-4-2-3-5-17(15)12-18/h2-12,20-21H,13-14H2,1H3,(H,26,30)/t20-,21-/m0/s1. The summed E-state index contributed by atoms with van der Waals surface area (Å²) in [7, 11) is 1.97. The predicted molar refractivity (Wildman–Crippen MR) is 115 cm³/mol. The number of fused-ring (bicyclic) bond motifs is 1. The lowest BCUT2D eigenvalue weighted by Gasteiger charge is -2.14. The third-order valence-corrected chi connectivity index (χ3v) is 5.72. The van der Waals surface area contributed by atoms with Crippen LogP contribution in [-0.2, 0) is 0 Å². The molecule has 156 valence electrons. The summed E-state index contributed by atoms with van der Waals surface area (Å²) in [5.74, 6) is 0.495. The van der Waals surface area contributed by atoms with Gasteiger partial charge in [0.25, 0.3) is 5.91 Å². The number of nitrogens with one attached hydrogen (secondary N) is 1. The van der Waals surface area contributed by atoms with Gasteiger partial charge in [0.15, 0.2) is 0 Å². The molecule has 1 aromatic heterocycles. The van der Waals surface area contributed by atoms with Crippen LogP contribution in [0.1, 0.15) is 28.7 Å². The van der Waals surface area contributed by atoms with Gasteiger partial charge < -0.3 is 9.84 Å². The highest BCUT2D eigenvalue weighted by atomic mass is 19.1. The minimum absolute atomic E-state index is 0.0661. The van der Waals surface area contributed by atoms with Crippen molar-refractivity contribution in [2.75, 3.05) is 13.6 Å². The predicted octanol–water partition coefficient (Wildman–Crippen LogP) is 4.20. The zero-order chi connectivity index (χ0) is 21.4. The van der Waals surface area contributed by atoms with Crippen molar-refractivity contribution < 1.29 is 13.7 Å². The Morgan fingerprint density at radius 1 is 1.10 bits per heavy atom. The maximum absolute atomic E-state index is 13.1. The number of carbonyl (C=O) groups is 1. The smallest absolute Gasteiger partial charge is 0.251 e. The number of halogens is 1. The Hall–Kier alpha value is -3.58. The van der Waals surface area contributed by atoms with Crippen LogP contribution in [0.15, 0.2) is 71.3 Å². The third-order valence-electron chi connectivity index (χ3n) is 5.72. The first-order valence-electron chi connectivity index (χ1n) is 10.2. The molecule has 0 unspecified atom stereocenters. The van der Waals surface area contributed by atoms with Crippen LogP contribution in [0.2, 0.25) is 0 Å². The van der Waals surface area contributed by atoms with Gasteiger partial charge in [0, 0.05) is 23.7 Å². The van der Waals surface area contributed by atoms with Gasteiger partial charge in [-0.25, -0.2) is 4.39 Å². The Kier molecular flexibility index (Phi) is 4.95. The van der Waals surface area contributed by atoms with Crippen LogP contribution in [0.5, 0.6) is 0 Å². The number of carbonyl (C=O) groups excluding carboxylic acids is 1. The topological polar surface area (TPSA) is 71.3 Å². The fourth-order valence-electron chi connectivity index (χ4n) is 4.08. The number of rotatable bonds is 4. The van der Waals surface area contributed by atoms with Crippen LogP contribution >= 0.6 is 0 Å². The number of hydrogen-bond donors (Lipinski definition) is 1. The molecule has 4 aromatic rings. The zero-order valence-electron chi connectivity index (χ0n) is 17.0. The molecular formula is C24H21FN4O2. The van der Waals surface area contributed by atoms with E-state index in [0.29, 0.717) is 30.2 Å². The summed E-state index contributed by atoms with van der Waals surface area (Å²) in [5.41, 5.74) is 1.33. The molecule has 1 saturated heterocycles. The van der Waals surface area contributed by atoms with Crippen molar-refractivity contribution in [3.8, 4) is 11.4 Å². The van der Waals surface area contributed by atoms with Crippen molar-refractivity contribution >= 4 is 16.7 Å². The van der Waals surface area contributed by atoms with E-state index in [2.05, 4.69) is 32.5 Å². The van der Waals surface area contributed by atoms with Crippen LogP contribution in [0.3, 0.4) is 0 Å². The molecule has 0 radical (unpaired) electrons. The summed E-state index contributed by atoms with van der Waals surface area (Å²) in [5, 5.41) is 9.46. The largest absolute Gasteiger partial charge is 0.348 e. The average molecular weight is 416 g/mol. The lowest BCUT2D eigenvalue weighted by molar-refractivity contribution is 0.0938. The number of likely N-dealkylation sites (tertiary alicyclic amines) is 1. The molecule has 0 spiro atoms. The SMILES string of the molecule is CN1C[C@@H](NC(=O)c2ccc(F)cc2)C[C@H]1c1nc(-c2ccc3ccccc3c2)no1. The van der Waals surface area contributed by atoms with Gasteiger partial charge >= 0.3 is 0 Å². The molecule has 5 rings (SSSR count). The molecule has 31 heavy (non-hydrogen) atoms. The lowest BCUT2D eigenvalue weighted by Crippen LogP contribution is -2.36. The first kappa shape index (κ1) is 19.4. The van der Waals surface area contributed by atoms with Gasteiger partial charge in [-0.3, -0.25) is 9.69 Å². The van der Waals surface area contributed by atoms with Crippen LogP contribution in [0.25, 0.3) is 22.2 Å². The molecule has 6 nitrogen and oxygen atoms in total. The van der Waals surface area contributed by atoms with Gasteiger partial charge in [0.2, 0.25) is 11.7 Å². The molecule has 0 aliphatic carbocycles. The maximum atomic E-state index is 13.1. The van der Waals surface area contributed by atoms with Crippen molar-refractivity contribution in [2.45, 2.75) is 18.5 Å². The molecular weight excluding hydrogens is 395 g/mol. The van der Waals surface area contributed by atoms with E-state index in [1.165, 1.54) is 24.3 Å². The molecule has 1 aliphatic heterocycles. The van der Waals surface area contributed by atoms with Crippen LogP contribution in [-0.4, -0.2) is 40.6 Å². The molecule has 1 N–H and O–H groups in total. The van der Waals surface area contributed by atoms with E-state index in [1.54, 1.807) is 0 Å². The van der Waals surface area contributed by atoms with Crippen molar-refractivity contribution in [2.24, 2.45) is 0 Å². The van der Waals surface area contributed by atoms with E-state index in [1.807, 2.05) is 37.4 Å². The van der Waals surface area contributed by atoms with Crippen molar-refractivity contribution in [1.82, 2.24) is 20.4 Å². The second-order valence-electron chi connectivity index (χ2n) is 7.89. The van der Waals surface area contributed by atoms with Crippen molar-refractivity contribution in [1.29, 1.82) is 0 Å². The van der Waals surface area contributed by atoms with Gasteiger partial charge in [-0.15, -0.1) is 0 Å². The molecule has 3 aromatic carbocycles. The summed E-state index contributed by atoms with van der Waals surface area (Å²) >= 11 is 0. The highest BCUT2D eigenvalue weighted by molar-refractivity contribution is 5.94. The van der Waals surface area contributed by atoms with Crippen LogP contribution < -0.4 is 5.32 Å². The normalized spacial score (nSPS) is 19.0. The van der Waals surface area contributed by atoms with Crippen molar-refractivity contribution in [3.63, 3.8) is 0 Å². The molecule has 1 amide bonds. The van der Waals surface area contributed by atoms with E-state index in [9.17, 15) is 9.18 Å². The fourth-order valence-corrected chi connectivity index (χ4v) is 4.08. The summed E-state index contributed by atoms with van der Waals surface area (Å²) in [6, 6.07) is 19.6. The first-order valence-corrected chi connectivity index (χ1v) is 10.2. The number of nitrogens with zero attached hydrogens (tertiary/aromatic N) is 3. The van der Waals surface area contributed by atoms with E-state index in [4.69, 9.17) is 4.52 Å². The summed E-state index contributed by atoms with van der Waals surface area (Å²) in [6.07, 6.45) is 0.656. The minimum atomic E-state index is -0.365. The van der Waals surface area contributed by atoms with Crippen LogP contribution in [0, 0.1) is 5.82 Å². The van der Waals surface area contributed by atoms with Gasteiger partial charge in [-0.2, -0.15) is 4.98 Å². The van der Waals surface area contributed by atoms with Gasteiger partial charge in [-0.1, -0.05) is 41.6 Å². The Morgan fingerprint density at radius 2 is 1.87 bits per heavy atom. The summed E-state index contributed by atoms with van der Waals surface area (Å²) in [4.78, 5) is 19.2. The summed E-state index contributed by atoms with van der Waals surface area (Å²) in [6.45, 7) is 0.658. The van der Waals surface area contributed by atoms with E-state index in [-0.39, 0.29) is 23.8 Å². The number of aromatic nitrogens is 2. The summed E-state index contributed by atoms with van der Waals surface area (Å²) < 4.78 is 18.7. The van der Waals surface area contributed by atoms with Crippen LogP contribution in [0.4, 0.5) is 4.39 Å². The number of amides is 1. The first-order chi connectivity index (χ1) is 15.1. The molecule has 0 saturated carbocycles. The minimum Gasteiger partial charge on any atom is -0.348 e. The zero-order valence-corrected chi connectivity index (χ0v) is 17.0. The second-order valence-corrected chi connectivity index (χ2v) is 7.89. The maximum Gasteiger partial charge on any atom is 0.251 e. The number of hydrogen-bond acceptors (Lipinski definition) is 5. The molecule has 1 aliphatic rings. The van der Waals surface area contributed by atoms with E-state index < -0.39 is 0 Å². The van der Waals surface area contributed by atoms with E-state index >= 15 is 0 Å². The monoisotopic (exact) mass is 416 g/mol. The molecule has 1 fully saturated rings. The molecule has 2 heterocycles. The molecule has 7 heteroatoms.